The Balaban J connectivity index is 1.95. The Morgan fingerprint density at radius 3 is 3.05 bits per heavy atom. The average Bonchev–Trinajstić information content (AvgIpc) is 2.47. The van der Waals surface area contributed by atoms with Gasteiger partial charge in [0.1, 0.15) is 11.8 Å². The highest BCUT2D eigenvalue weighted by Crippen LogP contribution is 2.16. The van der Waals surface area contributed by atoms with Crippen LogP contribution in [-0.2, 0) is 9.59 Å². The van der Waals surface area contributed by atoms with Crippen LogP contribution >= 0.6 is 0 Å². The second-order valence-electron chi connectivity index (χ2n) is 4.87. The Kier molecular flexibility index (Phi) is 5.13. The van der Waals surface area contributed by atoms with Crippen molar-refractivity contribution in [2.45, 2.75) is 6.04 Å². The highest BCUT2D eigenvalue weighted by molar-refractivity contribution is 5.93. The lowest BCUT2D eigenvalue weighted by molar-refractivity contribution is -0.125. The van der Waals surface area contributed by atoms with Crippen molar-refractivity contribution in [1.82, 2.24) is 10.2 Å². The summed E-state index contributed by atoms with van der Waals surface area (Å²) >= 11 is 0. The Bertz CT molecular complexity index is 521. The summed E-state index contributed by atoms with van der Waals surface area (Å²) in [6, 6.07) is 6.67. The van der Waals surface area contributed by atoms with E-state index in [0.717, 1.165) is 6.54 Å². The predicted molar refractivity (Wildman–Crippen MR) is 79.0 cm³/mol. The molecule has 1 heterocycles. The number of hydrogen-bond donors (Lipinski definition) is 3. The molecule has 7 nitrogen and oxygen atoms in total. The highest BCUT2D eigenvalue weighted by atomic mass is 16.5. The van der Waals surface area contributed by atoms with Crippen LogP contribution in [0.15, 0.2) is 24.3 Å². The SMILES string of the molecule is COc1cccc(NC(=O)CN2CCNCC2C(N)=O)c1. The van der Waals surface area contributed by atoms with Crippen molar-refractivity contribution in [3.05, 3.63) is 24.3 Å². The lowest BCUT2D eigenvalue weighted by Crippen LogP contribution is -2.58. The molecule has 2 rings (SSSR count). The first-order chi connectivity index (χ1) is 10.1. The van der Waals surface area contributed by atoms with E-state index in [1.165, 1.54) is 0 Å². The van der Waals surface area contributed by atoms with Gasteiger partial charge in [0, 0.05) is 31.4 Å². The molecule has 7 heteroatoms. The third-order valence-corrected chi connectivity index (χ3v) is 3.38. The molecule has 1 aromatic rings. The van der Waals surface area contributed by atoms with Crippen LogP contribution in [0.5, 0.6) is 5.75 Å². The molecule has 1 aromatic carbocycles. The van der Waals surface area contributed by atoms with E-state index >= 15 is 0 Å². The van der Waals surface area contributed by atoms with Crippen molar-refractivity contribution in [2.24, 2.45) is 5.73 Å². The molecular formula is C14H20N4O3. The smallest absolute Gasteiger partial charge is 0.238 e. The molecule has 4 N–H and O–H groups in total. The second kappa shape index (κ2) is 7.05. The number of ether oxygens (including phenoxy) is 1. The summed E-state index contributed by atoms with van der Waals surface area (Å²) in [5.41, 5.74) is 6.01. The molecule has 0 radical (unpaired) electrons. The summed E-state index contributed by atoms with van der Waals surface area (Å²) in [5.74, 6) is 0.0674. The third-order valence-electron chi connectivity index (χ3n) is 3.38. The van der Waals surface area contributed by atoms with Gasteiger partial charge in [-0.25, -0.2) is 0 Å². The molecule has 0 aliphatic carbocycles. The summed E-state index contributed by atoms with van der Waals surface area (Å²) in [5, 5.41) is 5.88. The van der Waals surface area contributed by atoms with Crippen LogP contribution in [0.2, 0.25) is 0 Å². The van der Waals surface area contributed by atoms with Crippen LogP contribution in [0.25, 0.3) is 0 Å². The molecule has 0 spiro atoms. The van der Waals surface area contributed by atoms with E-state index in [9.17, 15) is 9.59 Å². The summed E-state index contributed by atoms with van der Waals surface area (Å²) in [6.07, 6.45) is 0. The summed E-state index contributed by atoms with van der Waals surface area (Å²) in [7, 11) is 1.57. The standard InChI is InChI=1S/C14H20N4O3/c1-21-11-4-2-3-10(7-11)17-13(19)9-18-6-5-16-8-12(18)14(15)20/h2-4,7,12,16H,5-6,8-9H2,1H3,(H2,15,20)(H,17,19). The van der Waals surface area contributed by atoms with Crippen LogP contribution < -0.4 is 21.1 Å². The summed E-state index contributed by atoms with van der Waals surface area (Å²) in [4.78, 5) is 25.2. The van der Waals surface area contributed by atoms with E-state index in [4.69, 9.17) is 10.5 Å². The maximum Gasteiger partial charge on any atom is 0.238 e. The van der Waals surface area contributed by atoms with Crippen molar-refractivity contribution in [1.29, 1.82) is 0 Å². The number of carbonyl (C=O) groups is 2. The molecule has 1 unspecified atom stereocenters. The minimum Gasteiger partial charge on any atom is -0.497 e. The van der Waals surface area contributed by atoms with Gasteiger partial charge in [-0.05, 0) is 12.1 Å². The van der Waals surface area contributed by atoms with E-state index < -0.39 is 11.9 Å². The van der Waals surface area contributed by atoms with E-state index in [1.54, 1.807) is 36.3 Å². The van der Waals surface area contributed by atoms with Gasteiger partial charge >= 0.3 is 0 Å². The van der Waals surface area contributed by atoms with E-state index in [1.807, 2.05) is 0 Å². The van der Waals surface area contributed by atoms with Gasteiger partial charge in [-0.2, -0.15) is 0 Å². The van der Waals surface area contributed by atoms with Crippen LogP contribution in [-0.4, -0.2) is 56.0 Å². The van der Waals surface area contributed by atoms with Gasteiger partial charge < -0.3 is 21.1 Å². The molecule has 0 aromatic heterocycles. The molecule has 1 aliphatic heterocycles. The first-order valence-corrected chi connectivity index (χ1v) is 6.78. The molecule has 114 valence electrons. The number of benzene rings is 1. The Labute approximate surface area is 123 Å². The topological polar surface area (TPSA) is 96.7 Å². The number of carbonyl (C=O) groups excluding carboxylic acids is 2. The van der Waals surface area contributed by atoms with Crippen molar-refractivity contribution in [3.8, 4) is 5.75 Å². The quantitative estimate of drug-likeness (QED) is 0.673. The molecule has 0 saturated carbocycles. The van der Waals surface area contributed by atoms with E-state index in [0.29, 0.717) is 24.5 Å². The number of primary amides is 1. The Morgan fingerprint density at radius 2 is 2.33 bits per heavy atom. The maximum atomic E-state index is 12.1. The van der Waals surface area contributed by atoms with Crippen LogP contribution in [0.3, 0.4) is 0 Å². The van der Waals surface area contributed by atoms with Crippen LogP contribution in [0.4, 0.5) is 5.69 Å². The Morgan fingerprint density at radius 1 is 1.52 bits per heavy atom. The number of nitrogens with two attached hydrogens (primary N) is 1. The molecule has 1 fully saturated rings. The zero-order valence-electron chi connectivity index (χ0n) is 12.0. The van der Waals surface area contributed by atoms with Crippen molar-refractivity contribution in [3.63, 3.8) is 0 Å². The zero-order valence-corrected chi connectivity index (χ0v) is 12.0. The van der Waals surface area contributed by atoms with Crippen molar-refractivity contribution >= 4 is 17.5 Å². The maximum absolute atomic E-state index is 12.1. The first-order valence-electron chi connectivity index (χ1n) is 6.78. The van der Waals surface area contributed by atoms with Gasteiger partial charge in [-0.15, -0.1) is 0 Å². The third kappa shape index (κ3) is 4.17. The summed E-state index contributed by atoms with van der Waals surface area (Å²) in [6.45, 7) is 1.95. The lowest BCUT2D eigenvalue weighted by Gasteiger charge is -2.33. The van der Waals surface area contributed by atoms with Gasteiger partial charge in [0.25, 0.3) is 0 Å². The first kappa shape index (κ1) is 15.3. The monoisotopic (exact) mass is 292 g/mol. The minimum atomic E-state index is -0.449. The largest absolute Gasteiger partial charge is 0.497 e. The van der Waals surface area contributed by atoms with E-state index in [2.05, 4.69) is 10.6 Å². The number of methoxy groups -OCH3 is 1. The molecule has 1 saturated heterocycles. The van der Waals surface area contributed by atoms with Crippen LogP contribution in [0, 0.1) is 0 Å². The molecular weight excluding hydrogens is 272 g/mol. The lowest BCUT2D eigenvalue weighted by atomic mass is 10.2. The van der Waals surface area contributed by atoms with Crippen LogP contribution in [0.1, 0.15) is 0 Å². The fraction of sp³-hybridized carbons (Fsp3) is 0.429. The van der Waals surface area contributed by atoms with Gasteiger partial charge in [-0.3, -0.25) is 14.5 Å². The molecule has 1 atom stereocenters. The molecule has 1 aliphatic rings. The molecule has 2 amide bonds. The number of amides is 2. The number of nitrogens with one attached hydrogen (secondary N) is 2. The normalized spacial score (nSPS) is 19.0. The fourth-order valence-electron chi connectivity index (χ4n) is 2.30. The number of anilines is 1. The van der Waals surface area contributed by atoms with Crippen molar-refractivity contribution < 1.29 is 14.3 Å². The fourth-order valence-corrected chi connectivity index (χ4v) is 2.30. The van der Waals surface area contributed by atoms with Crippen molar-refractivity contribution in [2.75, 3.05) is 38.6 Å². The highest BCUT2D eigenvalue weighted by Gasteiger charge is 2.28. The van der Waals surface area contributed by atoms with Gasteiger partial charge in [0.05, 0.1) is 13.7 Å². The Hall–Kier alpha value is -2.12. The van der Waals surface area contributed by atoms with Gasteiger partial charge in [0.15, 0.2) is 0 Å². The number of rotatable bonds is 5. The average molecular weight is 292 g/mol. The number of hydrogen-bond acceptors (Lipinski definition) is 5. The second-order valence-corrected chi connectivity index (χ2v) is 4.87. The van der Waals surface area contributed by atoms with Gasteiger partial charge in [-0.1, -0.05) is 6.07 Å². The molecule has 0 bridgehead atoms. The van der Waals surface area contributed by atoms with Gasteiger partial charge in [0.2, 0.25) is 11.8 Å². The molecule has 21 heavy (non-hydrogen) atoms. The zero-order chi connectivity index (χ0) is 15.2. The summed E-state index contributed by atoms with van der Waals surface area (Å²) < 4.78 is 5.10. The predicted octanol–water partition coefficient (Wildman–Crippen LogP) is -0.607. The number of piperazine rings is 1. The van der Waals surface area contributed by atoms with E-state index in [-0.39, 0.29) is 12.5 Å². The number of nitrogens with zero attached hydrogens (tertiary/aromatic N) is 1. The minimum absolute atomic E-state index is 0.131.